The average molecular weight is 145 g/mol. The van der Waals surface area contributed by atoms with Crippen LogP contribution in [-0.2, 0) is 0 Å². The summed E-state index contributed by atoms with van der Waals surface area (Å²) in [7, 11) is 0. The van der Waals surface area contributed by atoms with E-state index in [1.807, 2.05) is 0 Å². The summed E-state index contributed by atoms with van der Waals surface area (Å²) in [5.41, 5.74) is 0. The molecule has 1 unspecified atom stereocenters. The molecule has 1 heterocycles. The molecule has 60 valence electrons. The third-order valence-electron chi connectivity index (χ3n) is 2.14. The molecule has 0 aliphatic carbocycles. The maximum Gasteiger partial charge on any atom is 0.0496 e. The molecule has 0 radical (unpaired) electrons. The number of hydrogen-bond acceptors (Lipinski definition) is 3. The zero-order chi connectivity index (χ0) is 7.40. The number of nitrogens with one attached hydrogen (secondary N) is 1. The normalized spacial score (nSPS) is 26.1. The molecule has 3 N–H and O–H groups in total. The van der Waals surface area contributed by atoms with Crippen LogP contribution in [0.4, 0.5) is 0 Å². The van der Waals surface area contributed by atoms with Gasteiger partial charge in [0, 0.05) is 25.2 Å². The van der Waals surface area contributed by atoms with Crippen LogP contribution in [-0.4, -0.2) is 36.0 Å². The lowest BCUT2D eigenvalue weighted by Gasteiger charge is -2.18. The van der Waals surface area contributed by atoms with Gasteiger partial charge in [0.05, 0.1) is 0 Å². The standard InChI is InChI=1S/C7H15NO2/c9-4-6(5-10)7-2-1-3-8-7/h6-10H,1-5H2. The van der Waals surface area contributed by atoms with Crippen LogP contribution in [0, 0.1) is 5.92 Å². The van der Waals surface area contributed by atoms with Crippen molar-refractivity contribution in [2.45, 2.75) is 18.9 Å². The summed E-state index contributed by atoms with van der Waals surface area (Å²) >= 11 is 0. The van der Waals surface area contributed by atoms with E-state index in [1.54, 1.807) is 0 Å². The zero-order valence-electron chi connectivity index (χ0n) is 6.08. The molecule has 1 aliphatic rings. The quantitative estimate of drug-likeness (QED) is 0.494. The molecule has 0 saturated carbocycles. The third kappa shape index (κ3) is 1.68. The predicted molar refractivity (Wildman–Crippen MR) is 38.7 cm³/mol. The molecule has 3 heteroatoms. The highest BCUT2D eigenvalue weighted by Crippen LogP contribution is 2.13. The Morgan fingerprint density at radius 3 is 2.50 bits per heavy atom. The second-order valence-electron chi connectivity index (χ2n) is 2.83. The molecular formula is C7H15NO2. The third-order valence-corrected chi connectivity index (χ3v) is 2.14. The molecule has 10 heavy (non-hydrogen) atoms. The lowest BCUT2D eigenvalue weighted by atomic mass is 10.0. The van der Waals surface area contributed by atoms with Crippen LogP contribution >= 0.6 is 0 Å². The smallest absolute Gasteiger partial charge is 0.0496 e. The van der Waals surface area contributed by atoms with E-state index in [-0.39, 0.29) is 19.1 Å². The molecule has 1 aliphatic heterocycles. The fourth-order valence-electron chi connectivity index (χ4n) is 1.43. The molecule has 1 saturated heterocycles. The van der Waals surface area contributed by atoms with Crippen molar-refractivity contribution in [2.75, 3.05) is 19.8 Å². The molecular weight excluding hydrogens is 130 g/mol. The van der Waals surface area contributed by atoms with E-state index >= 15 is 0 Å². The largest absolute Gasteiger partial charge is 0.396 e. The summed E-state index contributed by atoms with van der Waals surface area (Å²) in [6.07, 6.45) is 2.26. The molecule has 0 bridgehead atoms. The maximum absolute atomic E-state index is 8.79. The van der Waals surface area contributed by atoms with Crippen LogP contribution in [0.3, 0.4) is 0 Å². The molecule has 1 rings (SSSR count). The summed E-state index contributed by atoms with van der Waals surface area (Å²) in [6.45, 7) is 1.21. The second kappa shape index (κ2) is 3.91. The summed E-state index contributed by atoms with van der Waals surface area (Å²) in [5.74, 6) is 0.0440. The second-order valence-corrected chi connectivity index (χ2v) is 2.83. The molecule has 1 atom stereocenters. The first-order valence-corrected chi connectivity index (χ1v) is 3.83. The van der Waals surface area contributed by atoms with E-state index in [1.165, 1.54) is 6.42 Å². The monoisotopic (exact) mass is 145 g/mol. The van der Waals surface area contributed by atoms with Crippen LogP contribution in [0.5, 0.6) is 0 Å². The molecule has 0 spiro atoms. The van der Waals surface area contributed by atoms with Gasteiger partial charge in [-0.25, -0.2) is 0 Å². The van der Waals surface area contributed by atoms with Gasteiger partial charge in [-0.15, -0.1) is 0 Å². The Bertz CT molecular complexity index is 87.6. The Morgan fingerprint density at radius 1 is 1.40 bits per heavy atom. The first kappa shape index (κ1) is 7.98. The van der Waals surface area contributed by atoms with Gasteiger partial charge in [-0.1, -0.05) is 0 Å². The molecule has 3 nitrogen and oxygen atoms in total. The van der Waals surface area contributed by atoms with E-state index in [2.05, 4.69) is 5.32 Å². The number of rotatable bonds is 3. The van der Waals surface area contributed by atoms with Gasteiger partial charge in [0.1, 0.15) is 0 Å². The summed E-state index contributed by atoms with van der Waals surface area (Å²) < 4.78 is 0. The first-order valence-electron chi connectivity index (χ1n) is 3.83. The van der Waals surface area contributed by atoms with Crippen LogP contribution in [0.2, 0.25) is 0 Å². The van der Waals surface area contributed by atoms with Gasteiger partial charge in [0.25, 0.3) is 0 Å². The Kier molecular flexibility index (Phi) is 3.12. The van der Waals surface area contributed by atoms with Crippen LogP contribution in [0.1, 0.15) is 12.8 Å². The van der Waals surface area contributed by atoms with Crippen molar-refractivity contribution < 1.29 is 10.2 Å². The van der Waals surface area contributed by atoms with Crippen LogP contribution in [0.15, 0.2) is 0 Å². The van der Waals surface area contributed by atoms with Crippen LogP contribution < -0.4 is 5.32 Å². The molecule has 0 aromatic rings. The van der Waals surface area contributed by atoms with E-state index in [9.17, 15) is 0 Å². The Labute approximate surface area is 61.1 Å². The fraction of sp³-hybridized carbons (Fsp3) is 1.00. The zero-order valence-corrected chi connectivity index (χ0v) is 6.08. The van der Waals surface area contributed by atoms with Gasteiger partial charge >= 0.3 is 0 Å². The highest BCUT2D eigenvalue weighted by molar-refractivity contribution is 4.80. The topological polar surface area (TPSA) is 52.5 Å². The first-order chi connectivity index (χ1) is 4.88. The lowest BCUT2D eigenvalue weighted by molar-refractivity contribution is 0.125. The van der Waals surface area contributed by atoms with Gasteiger partial charge in [-0.05, 0) is 19.4 Å². The minimum atomic E-state index is 0.0440. The number of hydrogen-bond donors (Lipinski definition) is 3. The van der Waals surface area contributed by atoms with E-state index in [0.717, 1.165) is 13.0 Å². The van der Waals surface area contributed by atoms with E-state index in [0.29, 0.717) is 6.04 Å². The van der Waals surface area contributed by atoms with Gasteiger partial charge in [0.2, 0.25) is 0 Å². The predicted octanol–water partition coefficient (Wildman–Crippen LogP) is -0.661. The fourth-order valence-corrected chi connectivity index (χ4v) is 1.43. The Morgan fingerprint density at radius 2 is 2.10 bits per heavy atom. The Balaban J connectivity index is 2.29. The van der Waals surface area contributed by atoms with Gasteiger partial charge < -0.3 is 15.5 Å². The van der Waals surface area contributed by atoms with Crippen molar-refractivity contribution in [2.24, 2.45) is 5.92 Å². The minimum Gasteiger partial charge on any atom is -0.396 e. The van der Waals surface area contributed by atoms with Gasteiger partial charge in [-0.3, -0.25) is 0 Å². The molecule has 0 aromatic carbocycles. The van der Waals surface area contributed by atoms with Crippen molar-refractivity contribution in [3.63, 3.8) is 0 Å². The maximum atomic E-state index is 8.79. The average Bonchev–Trinajstić information content (AvgIpc) is 2.43. The van der Waals surface area contributed by atoms with Crippen molar-refractivity contribution >= 4 is 0 Å². The minimum absolute atomic E-state index is 0.0440. The summed E-state index contributed by atoms with van der Waals surface area (Å²) in [4.78, 5) is 0. The van der Waals surface area contributed by atoms with E-state index < -0.39 is 0 Å². The number of aliphatic hydroxyl groups is 2. The molecule has 0 amide bonds. The molecule has 1 fully saturated rings. The summed E-state index contributed by atoms with van der Waals surface area (Å²) in [6, 6.07) is 0.343. The van der Waals surface area contributed by atoms with Gasteiger partial charge in [0.15, 0.2) is 0 Å². The van der Waals surface area contributed by atoms with Crippen molar-refractivity contribution in [1.82, 2.24) is 5.32 Å². The SMILES string of the molecule is OCC(CO)C1CCCN1. The van der Waals surface area contributed by atoms with E-state index in [4.69, 9.17) is 10.2 Å². The highest BCUT2D eigenvalue weighted by Gasteiger charge is 2.22. The summed E-state index contributed by atoms with van der Waals surface area (Å²) in [5, 5.41) is 20.8. The highest BCUT2D eigenvalue weighted by atomic mass is 16.3. The molecule has 0 aromatic heterocycles. The lowest BCUT2D eigenvalue weighted by Crippen LogP contribution is -2.34. The Hall–Kier alpha value is -0.120. The van der Waals surface area contributed by atoms with Gasteiger partial charge in [-0.2, -0.15) is 0 Å². The van der Waals surface area contributed by atoms with Crippen LogP contribution in [0.25, 0.3) is 0 Å². The number of aliphatic hydroxyl groups excluding tert-OH is 2. The van der Waals surface area contributed by atoms with Crippen molar-refractivity contribution in [1.29, 1.82) is 0 Å². The van der Waals surface area contributed by atoms with Crippen molar-refractivity contribution in [3.05, 3.63) is 0 Å². The van der Waals surface area contributed by atoms with Crippen molar-refractivity contribution in [3.8, 4) is 0 Å².